The Morgan fingerprint density at radius 3 is 2.29 bits per heavy atom. The number of nitrogens with one attached hydrogen (secondary N) is 2. The molecule has 1 amide bonds. The van der Waals surface area contributed by atoms with E-state index >= 15 is 0 Å². The van der Waals surface area contributed by atoms with Gasteiger partial charge in [-0.05, 0) is 30.5 Å². The van der Waals surface area contributed by atoms with Crippen molar-refractivity contribution >= 4 is 18.3 Å². The number of halogens is 1. The van der Waals surface area contributed by atoms with Gasteiger partial charge in [-0.3, -0.25) is 4.79 Å². The first-order valence-corrected chi connectivity index (χ1v) is 7.28. The number of carbonyl (C=O) groups is 1. The summed E-state index contributed by atoms with van der Waals surface area (Å²) in [5.41, 5.74) is 2.39. The maximum absolute atomic E-state index is 12.3. The molecule has 1 aromatic rings. The highest BCUT2D eigenvalue weighted by atomic mass is 35.5. The lowest BCUT2D eigenvalue weighted by atomic mass is 9.80. The van der Waals surface area contributed by atoms with Gasteiger partial charge in [0, 0.05) is 12.5 Å². The quantitative estimate of drug-likeness (QED) is 0.874. The molecule has 2 N–H and O–H groups in total. The molecular weight excluding hydrogens is 284 g/mol. The fourth-order valence-electron chi connectivity index (χ4n) is 2.35. The van der Waals surface area contributed by atoms with Crippen molar-refractivity contribution in [3.8, 4) is 0 Å². The summed E-state index contributed by atoms with van der Waals surface area (Å²) >= 11 is 0. The van der Waals surface area contributed by atoms with Gasteiger partial charge in [0.1, 0.15) is 0 Å². The van der Waals surface area contributed by atoms with Crippen molar-refractivity contribution in [3.63, 3.8) is 0 Å². The Morgan fingerprint density at radius 2 is 1.81 bits per heavy atom. The van der Waals surface area contributed by atoms with Crippen molar-refractivity contribution in [1.82, 2.24) is 10.6 Å². The molecule has 3 nitrogen and oxygen atoms in total. The normalized spacial score (nSPS) is 14.0. The SMILES string of the molecule is CNCC(C)C(=O)NC(c1ccccc1C)C(C)(C)C.Cl. The van der Waals surface area contributed by atoms with Crippen LogP contribution in [-0.2, 0) is 4.79 Å². The van der Waals surface area contributed by atoms with Gasteiger partial charge in [0.05, 0.1) is 6.04 Å². The van der Waals surface area contributed by atoms with E-state index < -0.39 is 0 Å². The summed E-state index contributed by atoms with van der Waals surface area (Å²) in [5, 5.41) is 6.27. The molecule has 1 aromatic carbocycles. The molecule has 0 fully saturated rings. The molecule has 0 spiro atoms. The highest BCUT2D eigenvalue weighted by Gasteiger charge is 2.29. The molecule has 2 unspecified atom stereocenters. The Bertz CT molecular complexity index is 454. The summed E-state index contributed by atoms with van der Waals surface area (Å²) in [6.07, 6.45) is 0. The number of carbonyl (C=O) groups excluding carboxylic acids is 1. The van der Waals surface area contributed by atoms with Crippen molar-refractivity contribution < 1.29 is 4.79 Å². The van der Waals surface area contributed by atoms with Crippen LogP contribution in [0.5, 0.6) is 0 Å². The maximum Gasteiger partial charge on any atom is 0.224 e. The number of benzene rings is 1. The molecule has 0 saturated heterocycles. The van der Waals surface area contributed by atoms with Gasteiger partial charge in [-0.15, -0.1) is 12.4 Å². The fourth-order valence-corrected chi connectivity index (χ4v) is 2.35. The second-order valence-electron chi connectivity index (χ2n) is 6.62. The molecule has 0 heterocycles. The predicted octanol–water partition coefficient (Wildman–Crippen LogP) is 3.48. The van der Waals surface area contributed by atoms with Gasteiger partial charge in [-0.2, -0.15) is 0 Å². The van der Waals surface area contributed by atoms with Crippen LogP contribution in [0.15, 0.2) is 24.3 Å². The lowest BCUT2D eigenvalue weighted by molar-refractivity contribution is -0.125. The molecule has 4 heteroatoms. The van der Waals surface area contributed by atoms with Crippen LogP contribution in [0, 0.1) is 18.3 Å². The maximum atomic E-state index is 12.3. The molecule has 0 radical (unpaired) electrons. The Labute approximate surface area is 135 Å². The third-order valence-corrected chi connectivity index (χ3v) is 3.61. The molecule has 0 saturated carbocycles. The van der Waals surface area contributed by atoms with Gasteiger partial charge in [0.15, 0.2) is 0 Å². The third-order valence-electron chi connectivity index (χ3n) is 3.61. The van der Waals surface area contributed by atoms with Crippen LogP contribution in [0.3, 0.4) is 0 Å². The molecule has 0 aliphatic rings. The second kappa shape index (κ2) is 8.40. The molecule has 0 aromatic heterocycles. The number of amides is 1. The Kier molecular flexibility index (Phi) is 7.98. The van der Waals surface area contributed by atoms with Crippen molar-refractivity contribution in [2.45, 2.75) is 40.7 Å². The number of hydrogen-bond donors (Lipinski definition) is 2. The molecular formula is C17H29ClN2O. The van der Waals surface area contributed by atoms with Crippen molar-refractivity contribution in [2.24, 2.45) is 11.3 Å². The smallest absolute Gasteiger partial charge is 0.224 e. The molecule has 1 rings (SSSR count). The Balaban J connectivity index is 0.00000400. The summed E-state index contributed by atoms with van der Waals surface area (Å²) in [7, 11) is 1.87. The van der Waals surface area contributed by atoms with E-state index in [1.54, 1.807) is 0 Å². The summed E-state index contributed by atoms with van der Waals surface area (Å²) in [4.78, 5) is 12.3. The zero-order chi connectivity index (χ0) is 15.3. The van der Waals surface area contributed by atoms with E-state index in [0.29, 0.717) is 6.54 Å². The molecule has 21 heavy (non-hydrogen) atoms. The number of hydrogen-bond acceptors (Lipinski definition) is 2. The van der Waals surface area contributed by atoms with E-state index in [1.807, 2.05) is 26.1 Å². The van der Waals surface area contributed by atoms with Crippen LogP contribution < -0.4 is 10.6 Å². The summed E-state index contributed by atoms with van der Waals surface area (Å²) < 4.78 is 0. The van der Waals surface area contributed by atoms with Crippen molar-refractivity contribution in [3.05, 3.63) is 35.4 Å². The van der Waals surface area contributed by atoms with E-state index in [-0.39, 0.29) is 35.7 Å². The van der Waals surface area contributed by atoms with E-state index in [4.69, 9.17) is 0 Å². The zero-order valence-electron chi connectivity index (χ0n) is 14.0. The average molecular weight is 313 g/mol. The van der Waals surface area contributed by atoms with Gasteiger partial charge in [0.2, 0.25) is 5.91 Å². The summed E-state index contributed by atoms with van der Waals surface area (Å²) in [6, 6.07) is 8.29. The number of rotatable bonds is 5. The zero-order valence-corrected chi connectivity index (χ0v) is 14.8. The van der Waals surface area contributed by atoms with Gasteiger partial charge < -0.3 is 10.6 Å². The van der Waals surface area contributed by atoms with E-state index in [2.05, 4.69) is 50.5 Å². The van der Waals surface area contributed by atoms with Crippen LogP contribution in [0.2, 0.25) is 0 Å². The molecule has 0 aliphatic heterocycles. The van der Waals surface area contributed by atoms with E-state index in [1.165, 1.54) is 11.1 Å². The summed E-state index contributed by atoms with van der Waals surface area (Å²) in [5.74, 6) is 0.0661. The minimum Gasteiger partial charge on any atom is -0.348 e. The fraction of sp³-hybridized carbons (Fsp3) is 0.588. The molecule has 0 bridgehead atoms. The predicted molar refractivity (Wildman–Crippen MR) is 91.9 cm³/mol. The second-order valence-corrected chi connectivity index (χ2v) is 6.62. The van der Waals surface area contributed by atoms with Crippen LogP contribution >= 0.6 is 12.4 Å². The highest BCUT2D eigenvalue weighted by molar-refractivity contribution is 5.85. The number of aryl methyl sites for hydroxylation is 1. The van der Waals surface area contributed by atoms with Crippen molar-refractivity contribution in [2.75, 3.05) is 13.6 Å². The van der Waals surface area contributed by atoms with Crippen LogP contribution in [0.4, 0.5) is 0 Å². The minimum atomic E-state index is -0.0335. The largest absolute Gasteiger partial charge is 0.348 e. The first-order valence-electron chi connectivity index (χ1n) is 7.28. The van der Waals surface area contributed by atoms with Gasteiger partial charge >= 0.3 is 0 Å². The first-order chi connectivity index (χ1) is 9.27. The average Bonchev–Trinajstić information content (AvgIpc) is 2.35. The van der Waals surface area contributed by atoms with Gasteiger partial charge in [0.25, 0.3) is 0 Å². The topological polar surface area (TPSA) is 41.1 Å². The monoisotopic (exact) mass is 312 g/mol. The Morgan fingerprint density at radius 1 is 1.24 bits per heavy atom. The molecule has 2 atom stereocenters. The van der Waals surface area contributed by atoms with E-state index in [0.717, 1.165) is 0 Å². The van der Waals surface area contributed by atoms with E-state index in [9.17, 15) is 4.79 Å². The first kappa shape index (κ1) is 19.9. The Hall–Kier alpha value is -1.06. The third kappa shape index (κ3) is 5.68. The van der Waals surface area contributed by atoms with Gasteiger partial charge in [-0.25, -0.2) is 0 Å². The van der Waals surface area contributed by atoms with Crippen molar-refractivity contribution in [1.29, 1.82) is 0 Å². The van der Waals surface area contributed by atoms with Crippen LogP contribution in [0.1, 0.15) is 44.9 Å². The molecule has 120 valence electrons. The minimum absolute atomic E-state index is 0. The lowest BCUT2D eigenvalue weighted by Gasteiger charge is -2.34. The molecule has 0 aliphatic carbocycles. The highest BCUT2D eigenvalue weighted by Crippen LogP contribution is 2.34. The summed E-state index contributed by atoms with van der Waals surface area (Å²) in [6.45, 7) is 11.2. The van der Waals surface area contributed by atoms with Gasteiger partial charge in [-0.1, -0.05) is 52.0 Å². The van der Waals surface area contributed by atoms with Crippen LogP contribution in [-0.4, -0.2) is 19.5 Å². The standard InChI is InChI=1S/C17H28N2O.ClH/c1-12-9-7-8-10-14(12)15(17(3,4)5)19-16(20)13(2)11-18-6;/h7-10,13,15,18H,11H2,1-6H3,(H,19,20);1H. The van der Waals surface area contributed by atoms with Crippen LogP contribution in [0.25, 0.3) is 0 Å². The lowest BCUT2D eigenvalue weighted by Crippen LogP contribution is -2.41.